The van der Waals surface area contributed by atoms with Crippen LogP contribution in [-0.2, 0) is 14.3 Å². The van der Waals surface area contributed by atoms with Crippen molar-refractivity contribution in [1.82, 2.24) is 0 Å². The largest absolute Gasteiger partial charge is 0.491 e. The molecule has 1 unspecified atom stereocenters. The zero-order valence-corrected chi connectivity index (χ0v) is 23.2. The normalized spacial score (nSPS) is 20.6. The van der Waals surface area contributed by atoms with Crippen LogP contribution in [-0.4, -0.2) is 36.8 Å². The molecule has 1 aliphatic carbocycles. The van der Waals surface area contributed by atoms with Gasteiger partial charge >= 0.3 is 5.97 Å². The third-order valence-electron chi connectivity index (χ3n) is 7.37. The van der Waals surface area contributed by atoms with Crippen molar-refractivity contribution in [3.63, 3.8) is 0 Å². The lowest BCUT2D eigenvalue weighted by Gasteiger charge is -2.37. The van der Waals surface area contributed by atoms with E-state index in [1.165, 1.54) is 0 Å². The number of hydrogen-bond acceptors (Lipinski definition) is 6. The molecule has 206 valence electrons. The summed E-state index contributed by atoms with van der Waals surface area (Å²) in [6, 6.07) is 27.1. The zero-order chi connectivity index (χ0) is 28.1. The predicted molar refractivity (Wildman–Crippen MR) is 155 cm³/mol. The van der Waals surface area contributed by atoms with Crippen LogP contribution >= 0.6 is 0 Å². The fourth-order valence-electron chi connectivity index (χ4n) is 5.67. The van der Waals surface area contributed by atoms with Gasteiger partial charge in [-0.2, -0.15) is 0 Å². The fraction of sp³-hybridized carbons (Fsp3) is 0.324. The van der Waals surface area contributed by atoms with Gasteiger partial charge in [-0.25, -0.2) is 0 Å². The number of Topliss-reactive ketones (excluding diaryl/α,β-unsaturated/α-hetero) is 1. The van der Waals surface area contributed by atoms with Gasteiger partial charge in [0.25, 0.3) is 0 Å². The highest BCUT2D eigenvalue weighted by Crippen LogP contribution is 2.48. The first kappa shape index (κ1) is 27.4. The van der Waals surface area contributed by atoms with E-state index in [1.807, 2.05) is 93.6 Å². The molecular weight excluding hydrogens is 502 g/mol. The Labute approximate surface area is 235 Å². The monoisotopic (exact) mass is 537 g/mol. The first-order chi connectivity index (χ1) is 19.4. The summed E-state index contributed by atoms with van der Waals surface area (Å²) in [7, 11) is 0. The summed E-state index contributed by atoms with van der Waals surface area (Å²) in [5.41, 5.74) is 3.91. The highest BCUT2D eigenvalue weighted by molar-refractivity contribution is 6.09. The second kappa shape index (κ2) is 12.3. The van der Waals surface area contributed by atoms with Gasteiger partial charge in [0.2, 0.25) is 0 Å². The molecule has 0 N–H and O–H groups in total. The van der Waals surface area contributed by atoms with Crippen LogP contribution in [0.25, 0.3) is 0 Å². The van der Waals surface area contributed by atoms with Crippen molar-refractivity contribution >= 4 is 17.5 Å². The zero-order valence-electron chi connectivity index (χ0n) is 23.2. The molecular formula is C34H35NO5. The van der Waals surface area contributed by atoms with Crippen LogP contribution in [0.2, 0.25) is 0 Å². The Bertz CT molecular complexity index is 1410. The maximum atomic E-state index is 13.9. The van der Waals surface area contributed by atoms with E-state index in [0.717, 1.165) is 16.8 Å². The average Bonchev–Trinajstić information content (AvgIpc) is 2.95. The first-order valence-corrected chi connectivity index (χ1v) is 13.9. The average molecular weight is 538 g/mol. The number of ketones is 1. The van der Waals surface area contributed by atoms with E-state index in [9.17, 15) is 9.59 Å². The minimum atomic E-state index is -0.746. The number of aliphatic imine (C=N–C) groups is 1. The highest BCUT2D eigenvalue weighted by atomic mass is 16.6. The molecule has 0 saturated heterocycles. The maximum Gasteiger partial charge on any atom is 0.315 e. The lowest BCUT2D eigenvalue weighted by atomic mass is 9.69. The van der Waals surface area contributed by atoms with Gasteiger partial charge < -0.3 is 14.2 Å². The molecule has 2 aliphatic rings. The van der Waals surface area contributed by atoms with E-state index in [4.69, 9.17) is 19.2 Å². The Kier molecular flexibility index (Phi) is 8.44. The minimum absolute atomic E-state index is 0.0147. The smallest absolute Gasteiger partial charge is 0.315 e. The van der Waals surface area contributed by atoms with Gasteiger partial charge in [0.15, 0.2) is 5.78 Å². The molecule has 0 aromatic heterocycles. The van der Waals surface area contributed by atoms with E-state index in [2.05, 4.69) is 12.1 Å². The lowest BCUT2D eigenvalue weighted by molar-refractivity contribution is -0.147. The van der Waals surface area contributed by atoms with Crippen molar-refractivity contribution in [3.8, 4) is 11.5 Å². The molecule has 5 rings (SSSR count). The second-order valence-electron chi connectivity index (χ2n) is 10.5. The summed E-state index contributed by atoms with van der Waals surface area (Å²) in [6.45, 7) is 6.09. The maximum absolute atomic E-state index is 13.9. The van der Waals surface area contributed by atoms with Gasteiger partial charge in [-0.1, -0.05) is 66.7 Å². The molecule has 0 fully saturated rings. The molecule has 40 heavy (non-hydrogen) atoms. The topological polar surface area (TPSA) is 74.2 Å². The molecule has 3 aromatic carbocycles. The van der Waals surface area contributed by atoms with Gasteiger partial charge in [-0.3, -0.25) is 14.6 Å². The van der Waals surface area contributed by atoms with Crippen molar-refractivity contribution in [1.29, 1.82) is 0 Å². The molecule has 6 nitrogen and oxygen atoms in total. The minimum Gasteiger partial charge on any atom is -0.491 e. The summed E-state index contributed by atoms with van der Waals surface area (Å²) < 4.78 is 17.6. The van der Waals surface area contributed by atoms with Crippen LogP contribution in [0.5, 0.6) is 11.5 Å². The number of nitrogens with zero attached hydrogens (tertiary/aromatic N) is 1. The number of ether oxygens (including phenoxy) is 3. The molecule has 3 atom stereocenters. The SMILES string of the molecule is CC1=NC2=C(C(=O)C[C@H](c3ccccc3)C2)[C@@H](c2ccccc2OC(C)C)C1C(=O)OCCOc1ccccc1. The van der Waals surface area contributed by atoms with E-state index in [0.29, 0.717) is 35.6 Å². The quantitative estimate of drug-likeness (QED) is 0.225. The number of para-hydroxylation sites is 2. The van der Waals surface area contributed by atoms with Crippen molar-refractivity contribution in [2.75, 3.05) is 13.2 Å². The van der Waals surface area contributed by atoms with Crippen LogP contribution in [0.1, 0.15) is 56.6 Å². The van der Waals surface area contributed by atoms with Gasteiger partial charge in [0.1, 0.15) is 30.6 Å². The third kappa shape index (κ3) is 6.01. The summed E-state index contributed by atoms with van der Waals surface area (Å²) in [4.78, 5) is 32.4. The van der Waals surface area contributed by atoms with Crippen molar-refractivity contribution in [2.24, 2.45) is 10.9 Å². The summed E-state index contributed by atoms with van der Waals surface area (Å²) >= 11 is 0. The van der Waals surface area contributed by atoms with Gasteiger partial charge in [-0.15, -0.1) is 0 Å². The molecule has 0 bridgehead atoms. The standard InChI is InChI=1S/C34H35NO5/c1-22(2)40-30-17-11-10-16-27(30)32-31(34(37)39-19-18-38-26-14-8-5-9-15-26)23(3)35-28-20-25(21-29(36)33(28)32)24-12-6-4-7-13-24/h4-17,22,25,31-32H,18-21H2,1-3H3/t25-,31?,32+/m1/s1. The first-order valence-electron chi connectivity index (χ1n) is 13.9. The Hall–Kier alpha value is -4.19. The van der Waals surface area contributed by atoms with Gasteiger partial charge in [0, 0.05) is 34.9 Å². The second-order valence-corrected chi connectivity index (χ2v) is 10.5. The Balaban J connectivity index is 1.46. The Morgan fingerprint density at radius 1 is 0.900 bits per heavy atom. The molecule has 1 aliphatic heterocycles. The van der Waals surface area contributed by atoms with E-state index in [-0.39, 0.29) is 31.0 Å². The van der Waals surface area contributed by atoms with Crippen LogP contribution in [0.3, 0.4) is 0 Å². The number of esters is 1. The Morgan fingerprint density at radius 3 is 2.30 bits per heavy atom. The van der Waals surface area contributed by atoms with Crippen molar-refractivity contribution in [2.45, 2.75) is 51.6 Å². The number of carbonyl (C=O) groups is 2. The predicted octanol–water partition coefficient (Wildman–Crippen LogP) is 6.67. The molecule has 6 heteroatoms. The molecule has 1 heterocycles. The summed E-state index contributed by atoms with van der Waals surface area (Å²) in [5.74, 6) is -0.286. The van der Waals surface area contributed by atoms with Crippen LogP contribution in [0.15, 0.2) is 101 Å². The number of carbonyl (C=O) groups excluding carboxylic acids is 2. The van der Waals surface area contributed by atoms with Crippen LogP contribution in [0.4, 0.5) is 0 Å². The van der Waals surface area contributed by atoms with E-state index >= 15 is 0 Å². The summed E-state index contributed by atoms with van der Waals surface area (Å²) in [5, 5.41) is 0. The van der Waals surface area contributed by atoms with Crippen LogP contribution < -0.4 is 9.47 Å². The van der Waals surface area contributed by atoms with Crippen molar-refractivity contribution < 1.29 is 23.8 Å². The number of benzene rings is 3. The van der Waals surface area contributed by atoms with Gasteiger partial charge in [0.05, 0.1) is 6.10 Å². The third-order valence-corrected chi connectivity index (χ3v) is 7.37. The number of allylic oxidation sites excluding steroid dienone is 2. The molecule has 0 amide bonds. The molecule has 3 aromatic rings. The lowest BCUT2D eigenvalue weighted by Crippen LogP contribution is -2.38. The van der Waals surface area contributed by atoms with E-state index in [1.54, 1.807) is 0 Å². The van der Waals surface area contributed by atoms with Gasteiger partial charge in [-0.05, 0) is 56.9 Å². The molecule has 0 radical (unpaired) electrons. The highest BCUT2D eigenvalue weighted by Gasteiger charge is 2.45. The number of rotatable bonds is 9. The fourth-order valence-corrected chi connectivity index (χ4v) is 5.67. The van der Waals surface area contributed by atoms with Crippen LogP contribution in [0, 0.1) is 5.92 Å². The molecule has 0 saturated carbocycles. The molecule has 0 spiro atoms. The summed E-state index contributed by atoms with van der Waals surface area (Å²) in [6.07, 6.45) is 0.935. The Morgan fingerprint density at radius 2 is 1.57 bits per heavy atom. The van der Waals surface area contributed by atoms with Crippen molar-refractivity contribution in [3.05, 3.63) is 107 Å². The number of hydrogen-bond donors (Lipinski definition) is 0. The van der Waals surface area contributed by atoms with E-state index < -0.39 is 17.8 Å².